The highest BCUT2D eigenvalue weighted by atomic mass is 14.9. The van der Waals surface area contributed by atoms with E-state index in [0.29, 0.717) is 6.04 Å². The quantitative estimate of drug-likeness (QED) is 0.754. The first-order chi connectivity index (χ1) is 6.79. The smallest absolute Gasteiger partial charge is 0.0323 e. The molecule has 0 bridgehead atoms. The topological polar surface area (TPSA) is 12.0 Å². The minimum absolute atomic E-state index is 0.593. The van der Waals surface area contributed by atoms with Crippen LogP contribution in [-0.2, 0) is 6.42 Å². The van der Waals surface area contributed by atoms with E-state index in [9.17, 15) is 0 Å². The summed E-state index contributed by atoms with van der Waals surface area (Å²) in [7, 11) is 0. The molecule has 1 aliphatic heterocycles. The van der Waals surface area contributed by atoms with Crippen LogP contribution >= 0.6 is 0 Å². The highest BCUT2D eigenvalue weighted by Crippen LogP contribution is 2.26. The van der Waals surface area contributed by atoms with Gasteiger partial charge < -0.3 is 5.32 Å². The number of rotatable bonds is 2. The Balaban J connectivity index is 2.09. The molecule has 1 heterocycles. The van der Waals surface area contributed by atoms with E-state index in [1.54, 1.807) is 0 Å². The summed E-state index contributed by atoms with van der Waals surface area (Å²) >= 11 is 0. The molecule has 0 amide bonds. The Labute approximate surface area is 86.5 Å². The molecule has 1 fully saturated rings. The molecule has 14 heavy (non-hydrogen) atoms. The van der Waals surface area contributed by atoms with Gasteiger partial charge in [0.1, 0.15) is 0 Å². The zero-order valence-corrected chi connectivity index (χ0v) is 9.09. The van der Waals surface area contributed by atoms with Crippen LogP contribution in [0.2, 0.25) is 0 Å². The van der Waals surface area contributed by atoms with Crippen molar-refractivity contribution in [2.24, 2.45) is 5.92 Å². The van der Waals surface area contributed by atoms with Crippen LogP contribution in [0.1, 0.15) is 37.4 Å². The maximum atomic E-state index is 3.56. The van der Waals surface area contributed by atoms with E-state index >= 15 is 0 Å². The van der Waals surface area contributed by atoms with Gasteiger partial charge in [-0.2, -0.15) is 0 Å². The fourth-order valence-corrected chi connectivity index (χ4v) is 2.15. The van der Waals surface area contributed by atoms with E-state index in [1.165, 1.54) is 24.1 Å². The lowest BCUT2D eigenvalue weighted by Crippen LogP contribution is -2.13. The summed E-state index contributed by atoms with van der Waals surface area (Å²) < 4.78 is 0. The Hall–Kier alpha value is -0.820. The van der Waals surface area contributed by atoms with Crippen molar-refractivity contribution >= 4 is 0 Å². The fourth-order valence-electron chi connectivity index (χ4n) is 2.15. The van der Waals surface area contributed by atoms with E-state index < -0.39 is 0 Å². The summed E-state index contributed by atoms with van der Waals surface area (Å²) in [6.45, 7) is 5.68. The highest BCUT2D eigenvalue weighted by Gasteiger charge is 2.21. The Bertz CT molecular complexity index is 289. The van der Waals surface area contributed by atoms with Gasteiger partial charge in [0, 0.05) is 6.04 Å². The van der Waals surface area contributed by atoms with Crippen LogP contribution in [0.3, 0.4) is 0 Å². The third-order valence-corrected chi connectivity index (χ3v) is 3.14. The van der Waals surface area contributed by atoms with Crippen LogP contribution in [0.5, 0.6) is 0 Å². The minimum Gasteiger partial charge on any atom is -0.310 e. The molecule has 1 saturated heterocycles. The van der Waals surface area contributed by atoms with Gasteiger partial charge in [0.15, 0.2) is 0 Å². The molecule has 1 aromatic rings. The third-order valence-electron chi connectivity index (χ3n) is 3.14. The predicted octanol–water partition coefficient (Wildman–Crippen LogP) is 2.92. The summed E-state index contributed by atoms with van der Waals surface area (Å²) in [4.78, 5) is 0. The first kappa shape index (κ1) is 9.72. The molecule has 2 atom stereocenters. The summed E-state index contributed by atoms with van der Waals surface area (Å²) in [5.74, 6) is 0.825. The molecule has 0 saturated carbocycles. The van der Waals surface area contributed by atoms with Gasteiger partial charge in [-0.25, -0.2) is 0 Å². The Kier molecular flexibility index (Phi) is 2.87. The molecule has 2 rings (SSSR count). The number of hydrogen-bond acceptors (Lipinski definition) is 1. The average molecular weight is 189 g/mol. The van der Waals surface area contributed by atoms with Crippen molar-refractivity contribution in [3.05, 3.63) is 35.4 Å². The monoisotopic (exact) mass is 189 g/mol. The molecule has 1 aliphatic rings. The molecule has 1 nitrogen and oxygen atoms in total. The van der Waals surface area contributed by atoms with Gasteiger partial charge in [0.05, 0.1) is 0 Å². The normalized spacial score (nSPS) is 26.7. The SMILES string of the molecule is CCc1ccc([C@@H]2C[C@H](C)CN2)cc1. The lowest BCUT2D eigenvalue weighted by molar-refractivity contribution is 0.612. The number of benzene rings is 1. The van der Waals surface area contributed by atoms with Crippen LogP contribution in [0.25, 0.3) is 0 Å². The van der Waals surface area contributed by atoms with Gasteiger partial charge in [0.25, 0.3) is 0 Å². The van der Waals surface area contributed by atoms with Crippen LogP contribution in [0, 0.1) is 5.92 Å². The van der Waals surface area contributed by atoms with Crippen LogP contribution in [-0.4, -0.2) is 6.54 Å². The molecular weight excluding hydrogens is 170 g/mol. The minimum atomic E-state index is 0.593. The second-order valence-corrected chi connectivity index (χ2v) is 4.40. The maximum Gasteiger partial charge on any atom is 0.0323 e. The second-order valence-electron chi connectivity index (χ2n) is 4.40. The molecule has 0 spiro atoms. The van der Waals surface area contributed by atoms with Crippen molar-refractivity contribution < 1.29 is 0 Å². The van der Waals surface area contributed by atoms with Crippen molar-refractivity contribution in [1.82, 2.24) is 5.32 Å². The van der Waals surface area contributed by atoms with Gasteiger partial charge in [-0.1, -0.05) is 38.1 Å². The van der Waals surface area contributed by atoms with Crippen molar-refractivity contribution in [1.29, 1.82) is 0 Å². The predicted molar refractivity (Wildman–Crippen MR) is 60.3 cm³/mol. The van der Waals surface area contributed by atoms with E-state index in [4.69, 9.17) is 0 Å². The van der Waals surface area contributed by atoms with E-state index in [-0.39, 0.29) is 0 Å². The number of aryl methyl sites for hydroxylation is 1. The summed E-state index contributed by atoms with van der Waals surface area (Å²) in [5, 5.41) is 3.56. The Morgan fingerprint density at radius 2 is 2.00 bits per heavy atom. The van der Waals surface area contributed by atoms with E-state index in [0.717, 1.165) is 12.3 Å². The van der Waals surface area contributed by atoms with Gasteiger partial charge in [0.2, 0.25) is 0 Å². The first-order valence-corrected chi connectivity index (χ1v) is 5.62. The van der Waals surface area contributed by atoms with E-state index in [2.05, 4.69) is 43.4 Å². The van der Waals surface area contributed by atoms with Gasteiger partial charge >= 0.3 is 0 Å². The summed E-state index contributed by atoms with van der Waals surface area (Å²) in [6.07, 6.45) is 2.42. The zero-order valence-electron chi connectivity index (χ0n) is 9.09. The van der Waals surface area contributed by atoms with Crippen LogP contribution in [0.15, 0.2) is 24.3 Å². The largest absolute Gasteiger partial charge is 0.310 e. The lowest BCUT2D eigenvalue weighted by Gasteiger charge is -2.10. The van der Waals surface area contributed by atoms with Crippen LogP contribution < -0.4 is 5.32 Å². The summed E-state index contributed by atoms with van der Waals surface area (Å²) in [6, 6.07) is 9.64. The Morgan fingerprint density at radius 3 is 2.50 bits per heavy atom. The van der Waals surface area contributed by atoms with Crippen molar-refractivity contribution in [2.75, 3.05) is 6.54 Å². The standard InChI is InChI=1S/C13H19N/c1-3-11-4-6-12(7-5-11)13-8-10(2)9-14-13/h4-7,10,13-14H,3,8-9H2,1-2H3/t10-,13-/m0/s1. The first-order valence-electron chi connectivity index (χ1n) is 5.62. The molecule has 1 heteroatoms. The average Bonchev–Trinajstić information content (AvgIpc) is 2.65. The van der Waals surface area contributed by atoms with E-state index in [1.807, 2.05) is 0 Å². The third kappa shape index (κ3) is 1.98. The molecule has 76 valence electrons. The van der Waals surface area contributed by atoms with Gasteiger partial charge in [-0.3, -0.25) is 0 Å². The van der Waals surface area contributed by atoms with Crippen molar-refractivity contribution in [3.8, 4) is 0 Å². The molecule has 0 aliphatic carbocycles. The molecule has 0 aromatic heterocycles. The number of nitrogens with one attached hydrogen (secondary N) is 1. The molecule has 1 N–H and O–H groups in total. The van der Waals surface area contributed by atoms with Crippen molar-refractivity contribution in [3.63, 3.8) is 0 Å². The van der Waals surface area contributed by atoms with Crippen LogP contribution in [0.4, 0.5) is 0 Å². The highest BCUT2D eigenvalue weighted by molar-refractivity contribution is 5.25. The fraction of sp³-hybridized carbons (Fsp3) is 0.538. The summed E-state index contributed by atoms with van der Waals surface area (Å²) in [5.41, 5.74) is 2.88. The molecule has 0 radical (unpaired) electrons. The van der Waals surface area contributed by atoms with Gasteiger partial charge in [-0.05, 0) is 36.4 Å². The molecule has 0 unspecified atom stereocenters. The van der Waals surface area contributed by atoms with Crippen molar-refractivity contribution in [2.45, 2.75) is 32.7 Å². The van der Waals surface area contributed by atoms with Gasteiger partial charge in [-0.15, -0.1) is 0 Å². The second kappa shape index (κ2) is 4.14. The molecule has 1 aromatic carbocycles. The Morgan fingerprint density at radius 1 is 1.29 bits per heavy atom. The maximum absolute atomic E-state index is 3.56. The zero-order chi connectivity index (χ0) is 9.97. The number of hydrogen-bond donors (Lipinski definition) is 1. The lowest BCUT2D eigenvalue weighted by atomic mass is 10.00. The molecular formula is C13H19N.